The number of halogens is 2. The van der Waals surface area contributed by atoms with Gasteiger partial charge in [0.25, 0.3) is 0 Å². The fourth-order valence-electron chi connectivity index (χ4n) is 2.46. The van der Waals surface area contributed by atoms with Crippen molar-refractivity contribution in [2.75, 3.05) is 19.8 Å². The molecule has 0 radical (unpaired) electrons. The average molecular weight is 421 g/mol. The van der Waals surface area contributed by atoms with E-state index in [9.17, 15) is 9.59 Å². The van der Waals surface area contributed by atoms with Crippen LogP contribution in [0, 0.1) is 0 Å². The number of nitrogens with one attached hydrogen (secondary N) is 1. The first-order valence-electron chi connectivity index (χ1n) is 7.76. The van der Waals surface area contributed by atoms with Crippen LogP contribution in [0.1, 0.15) is 12.5 Å². The van der Waals surface area contributed by atoms with Crippen molar-refractivity contribution in [3.63, 3.8) is 0 Å². The van der Waals surface area contributed by atoms with Crippen LogP contribution >= 0.6 is 36.6 Å². The normalized spacial score (nSPS) is 16.9. The van der Waals surface area contributed by atoms with Crippen molar-refractivity contribution in [3.8, 4) is 0 Å². The van der Waals surface area contributed by atoms with E-state index >= 15 is 0 Å². The lowest BCUT2D eigenvalue weighted by atomic mass is 10.1. The minimum Gasteiger partial charge on any atom is -0.349 e. The van der Waals surface area contributed by atoms with Gasteiger partial charge in [-0.15, -0.1) is 36.6 Å². The first-order valence-corrected chi connectivity index (χ1v) is 8.81. The van der Waals surface area contributed by atoms with Crippen LogP contribution in [0.25, 0.3) is 0 Å². The average Bonchev–Trinajstić information content (AvgIpc) is 2.80. The lowest BCUT2D eigenvalue weighted by Gasteiger charge is -2.28. The zero-order chi connectivity index (χ0) is 17.7. The van der Waals surface area contributed by atoms with E-state index in [4.69, 9.17) is 5.73 Å². The van der Waals surface area contributed by atoms with Gasteiger partial charge in [0.1, 0.15) is 11.6 Å². The Hall–Kier alpha value is -1.41. The van der Waals surface area contributed by atoms with Crippen molar-refractivity contribution in [1.82, 2.24) is 15.1 Å². The second-order valence-corrected chi connectivity index (χ2v) is 6.96. The van der Waals surface area contributed by atoms with Crippen LogP contribution in [0.2, 0.25) is 0 Å². The minimum absolute atomic E-state index is 0. The summed E-state index contributed by atoms with van der Waals surface area (Å²) >= 11 is 1.52. The number of nitrogens with zero attached hydrogens (tertiary/aromatic N) is 2. The maximum absolute atomic E-state index is 12.3. The van der Waals surface area contributed by atoms with Crippen LogP contribution in [0.15, 0.2) is 42.4 Å². The Balaban J connectivity index is 0.00000312. The summed E-state index contributed by atoms with van der Waals surface area (Å²) < 4.78 is 0. The summed E-state index contributed by atoms with van der Waals surface area (Å²) in [5.74, 6) is 1.03. The summed E-state index contributed by atoms with van der Waals surface area (Å²) in [6, 6.07) is 9.09. The maximum atomic E-state index is 12.3. The number of carbonyl (C=O) groups is 2. The third-order valence-corrected chi connectivity index (χ3v) is 5.23. The third-order valence-electron chi connectivity index (χ3n) is 3.71. The number of ketones is 1. The molecule has 0 aromatic heterocycles. The van der Waals surface area contributed by atoms with Crippen LogP contribution in [-0.2, 0) is 16.0 Å². The summed E-state index contributed by atoms with van der Waals surface area (Å²) in [5.41, 5.74) is 7.03. The van der Waals surface area contributed by atoms with Crippen molar-refractivity contribution in [3.05, 3.63) is 47.9 Å². The molecular formula is C17H26Cl2N4O2S. The molecule has 1 aromatic carbocycles. The quantitative estimate of drug-likeness (QED) is 0.699. The predicted octanol–water partition coefficient (Wildman–Crippen LogP) is 1.80. The molecule has 9 heteroatoms. The topological polar surface area (TPSA) is 78.7 Å². The van der Waals surface area contributed by atoms with E-state index in [1.807, 2.05) is 60.4 Å². The Bertz CT molecular complexity index is 630. The molecule has 2 atom stereocenters. The number of hydrogen-bond acceptors (Lipinski definition) is 6. The summed E-state index contributed by atoms with van der Waals surface area (Å²) in [6.07, 6.45) is 2.34. The third kappa shape index (κ3) is 6.72. The van der Waals surface area contributed by atoms with Crippen LogP contribution in [0.5, 0.6) is 0 Å². The first-order chi connectivity index (χ1) is 11.4. The predicted molar refractivity (Wildman–Crippen MR) is 111 cm³/mol. The molecule has 0 fully saturated rings. The van der Waals surface area contributed by atoms with Crippen molar-refractivity contribution in [1.29, 1.82) is 0 Å². The molecule has 1 amide bonds. The zero-order valence-corrected chi connectivity index (χ0v) is 17.5. The smallest absolute Gasteiger partial charge is 0.242 e. The molecule has 1 unspecified atom stereocenters. The Labute approximate surface area is 171 Å². The second-order valence-electron chi connectivity index (χ2n) is 5.92. The van der Waals surface area contributed by atoms with Crippen molar-refractivity contribution < 1.29 is 9.59 Å². The van der Waals surface area contributed by atoms with Crippen LogP contribution < -0.4 is 11.1 Å². The molecule has 1 aromatic rings. The standard InChI is InChI=1S/C17H24N4O2S.2ClH/c1-12(22)11-24-17-20(2)10-15(21(17)3)19-16(23)14(18)9-13-7-5-4-6-8-13;;/h4-8,10,14,17H,9,11,18H2,1-3H3,(H,19,23);2*1H/t14-,17?;;/m0../s1. The molecule has 3 N–H and O–H groups in total. The number of amides is 1. The molecule has 0 bridgehead atoms. The summed E-state index contributed by atoms with van der Waals surface area (Å²) in [5, 5.41) is 2.88. The second kappa shape index (κ2) is 11.3. The van der Waals surface area contributed by atoms with Gasteiger partial charge >= 0.3 is 0 Å². The van der Waals surface area contributed by atoms with E-state index < -0.39 is 6.04 Å². The molecule has 26 heavy (non-hydrogen) atoms. The van der Waals surface area contributed by atoms with Crippen molar-refractivity contribution in [2.24, 2.45) is 5.73 Å². The fourth-order valence-corrected chi connectivity index (χ4v) is 3.48. The van der Waals surface area contributed by atoms with Gasteiger partial charge in [-0.05, 0) is 18.9 Å². The van der Waals surface area contributed by atoms with E-state index in [-0.39, 0.29) is 42.0 Å². The van der Waals surface area contributed by atoms with Crippen molar-refractivity contribution >= 4 is 48.3 Å². The number of thioether (sulfide) groups is 1. The van der Waals surface area contributed by atoms with Gasteiger partial charge in [0.05, 0.1) is 11.8 Å². The van der Waals surface area contributed by atoms with Gasteiger partial charge in [0.15, 0.2) is 5.50 Å². The largest absolute Gasteiger partial charge is 0.349 e. The minimum atomic E-state index is -0.615. The number of carbonyl (C=O) groups excluding carboxylic acids is 2. The molecular weight excluding hydrogens is 395 g/mol. The molecule has 1 aliphatic rings. The molecule has 146 valence electrons. The van der Waals surface area contributed by atoms with Crippen LogP contribution in [0.4, 0.5) is 0 Å². The van der Waals surface area contributed by atoms with Gasteiger partial charge in [0.2, 0.25) is 5.91 Å². The van der Waals surface area contributed by atoms with E-state index in [1.54, 1.807) is 6.92 Å². The molecule has 6 nitrogen and oxygen atoms in total. The number of rotatable bonds is 7. The summed E-state index contributed by atoms with van der Waals surface area (Å²) in [7, 11) is 3.80. The van der Waals surface area contributed by atoms with E-state index in [2.05, 4.69) is 5.32 Å². The van der Waals surface area contributed by atoms with Gasteiger partial charge < -0.3 is 20.9 Å². The molecule has 1 aliphatic heterocycles. The lowest BCUT2D eigenvalue weighted by molar-refractivity contribution is -0.122. The Kier molecular flexibility index (Phi) is 10.7. The molecule has 0 spiro atoms. The highest BCUT2D eigenvalue weighted by Crippen LogP contribution is 2.26. The Morgan fingerprint density at radius 3 is 2.42 bits per heavy atom. The monoisotopic (exact) mass is 420 g/mol. The SMILES string of the molecule is CC(=O)CSC1N(C)C=C(NC(=O)[C@@H](N)Cc2ccccc2)N1C.Cl.Cl. The van der Waals surface area contributed by atoms with Gasteiger partial charge in [-0.25, -0.2) is 0 Å². The highest BCUT2D eigenvalue weighted by molar-refractivity contribution is 8.00. The molecule has 0 aliphatic carbocycles. The van der Waals surface area contributed by atoms with Gasteiger partial charge in [-0.2, -0.15) is 0 Å². The Morgan fingerprint density at radius 2 is 1.85 bits per heavy atom. The first kappa shape index (κ1) is 24.6. The highest BCUT2D eigenvalue weighted by atomic mass is 35.5. The lowest BCUT2D eigenvalue weighted by Crippen LogP contribution is -2.44. The Morgan fingerprint density at radius 1 is 1.23 bits per heavy atom. The summed E-state index contributed by atoms with van der Waals surface area (Å²) in [6.45, 7) is 1.57. The number of Topliss-reactive ketones (excluding diaryl/α,β-unsaturated/α-hetero) is 1. The van der Waals surface area contributed by atoms with E-state index in [0.717, 1.165) is 5.56 Å². The van der Waals surface area contributed by atoms with E-state index in [1.165, 1.54) is 11.8 Å². The molecule has 2 rings (SSSR count). The van der Waals surface area contributed by atoms with Crippen LogP contribution in [0.3, 0.4) is 0 Å². The highest BCUT2D eigenvalue weighted by Gasteiger charge is 2.29. The van der Waals surface area contributed by atoms with Gasteiger partial charge in [-0.3, -0.25) is 9.59 Å². The van der Waals surface area contributed by atoms with Gasteiger partial charge in [0, 0.05) is 20.3 Å². The number of nitrogens with two attached hydrogens (primary N) is 1. The molecule has 1 heterocycles. The van der Waals surface area contributed by atoms with E-state index in [0.29, 0.717) is 18.0 Å². The van der Waals surface area contributed by atoms with Crippen LogP contribution in [-0.4, -0.2) is 52.9 Å². The number of hydrogen-bond donors (Lipinski definition) is 2. The molecule has 0 saturated heterocycles. The zero-order valence-electron chi connectivity index (χ0n) is 15.0. The number of benzene rings is 1. The van der Waals surface area contributed by atoms with Crippen molar-refractivity contribution in [2.45, 2.75) is 24.9 Å². The fraction of sp³-hybridized carbons (Fsp3) is 0.412. The van der Waals surface area contributed by atoms with Gasteiger partial charge in [-0.1, -0.05) is 30.3 Å². The molecule has 0 saturated carbocycles. The summed E-state index contributed by atoms with van der Waals surface area (Å²) in [4.78, 5) is 27.4. The maximum Gasteiger partial charge on any atom is 0.242 e.